The Bertz CT molecular complexity index is 4070. The zero-order valence-corrected chi connectivity index (χ0v) is 28.5. The maximum absolute atomic E-state index is 14.2. The van der Waals surface area contributed by atoms with Crippen LogP contribution in [-0.2, 0) is 6.42 Å². The Morgan fingerprint density at radius 3 is 1.30 bits per heavy atom. The van der Waals surface area contributed by atoms with E-state index in [0.29, 0.717) is 12.1 Å². The molecule has 15 rings (SSSR count). The van der Waals surface area contributed by atoms with Crippen molar-refractivity contribution in [2.24, 2.45) is 0 Å². The SMILES string of the molecule is O=C1Cc2ccc3c4ccc5c6ccc7c8ccc9c%10c(ccc(c%11ccc(c%12ccc(c%13ccc1c2c%133)c4c%125)c6c%117)c8%10)c(=O)n1c2ccccc2nc91. The van der Waals surface area contributed by atoms with Crippen LogP contribution in [0.3, 0.4) is 0 Å². The summed E-state index contributed by atoms with van der Waals surface area (Å²) in [5.41, 5.74) is 4.36. The molecule has 0 aliphatic heterocycles. The van der Waals surface area contributed by atoms with E-state index in [0.717, 1.165) is 59.9 Å². The second-order valence-corrected chi connectivity index (χ2v) is 15.6. The minimum atomic E-state index is -0.0245. The summed E-state index contributed by atoms with van der Waals surface area (Å²) >= 11 is 0. The first-order valence-electron chi connectivity index (χ1n) is 18.6. The number of fused-ring (bicyclic) bond motifs is 10. The van der Waals surface area contributed by atoms with Crippen molar-refractivity contribution in [3.05, 3.63) is 143 Å². The molecule has 0 N–H and O–H groups in total. The third kappa shape index (κ3) is 2.66. The molecular weight excluding hydrogens is 661 g/mol. The fourth-order valence-electron chi connectivity index (χ4n) is 11.3. The van der Waals surface area contributed by atoms with Crippen molar-refractivity contribution in [2.45, 2.75) is 6.42 Å². The number of hydrogen-bond acceptors (Lipinski definition) is 3. The highest BCUT2D eigenvalue weighted by molar-refractivity contribution is 6.47. The number of aromatic nitrogens is 2. The molecule has 14 aromatic rings. The van der Waals surface area contributed by atoms with Crippen LogP contribution in [0.15, 0.2) is 126 Å². The zero-order chi connectivity index (χ0) is 34.9. The van der Waals surface area contributed by atoms with Crippen molar-refractivity contribution >= 4 is 141 Å². The molecular formula is C50H22N2O2. The van der Waals surface area contributed by atoms with E-state index in [2.05, 4.69) is 91.0 Å². The second-order valence-electron chi connectivity index (χ2n) is 15.6. The first-order chi connectivity index (χ1) is 26.6. The van der Waals surface area contributed by atoms with Gasteiger partial charge in [-0.3, -0.25) is 14.0 Å². The summed E-state index contributed by atoms with van der Waals surface area (Å²) in [4.78, 5) is 32.2. The van der Waals surface area contributed by atoms with Crippen LogP contribution in [0.5, 0.6) is 0 Å². The summed E-state index contributed by atoms with van der Waals surface area (Å²) in [7, 11) is 0. The monoisotopic (exact) mass is 682 g/mol. The number of imidazole rings is 1. The average molecular weight is 683 g/mol. The molecule has 0 radical (unpaired) electrons. The van der Waals surface area contributed by atoms with E-state index in [1.165, 1.54) is 80.8 Å². The van der Waals surface area contributed by atoms with Crippen LogP contribution in [0.25, 0.3) is 135 Å². The summed E-state index contributed by atoms with van der Waals surface area (Å²) in [6, 6.07) is 43.7. The highest BCUT2D eigenvalue weighted by Gasteiger charge is 2.27. The van der Waals surface area contributed by atoms with Crippen molar-refractivity contribution in [3.63, 3.8) is 0 Å². The molecule has 2 heterocycles. The first kappa shape index (κ1) is 26.6. The molecule has 1 aliphatic rings. The number of nitrogens with zero attached hydrogens (tertiary/aromatic N) is 2. The van der Waals surface area contributed by atoms with Gasteiger partial charge < -0.3 is 0 Å². The van der Waals surface area contributed by atoms with Crippen molar-refractivity contribution in [3.8, 4) is 0 Å². The van der Waals surface area contributed by atoms with Gasteiger partial charge in [0.1, 0.15) is 5.65 Å². The van der Waals surface area contributed by atoms with Crippen LogP contribution < -0.4 is 5.56 Å². The summed E-state index contributed by atoms with van der Waals surface area (Å²) in [5.74, 6) is 0.221. The number of carbonyl (C=O) groups excluding carboxylic acids is 1. The van der Waals surface area contributed by atoms with Crippen LogP contribution >= 0.6 is 0 Å². The van der Waals surface area contributed by atoms with Gasteiger partial charge in [0.15, 0.2) is 5.78 Å². The van der Waals surface area contributed by atoms with E-state index in [-0.39, 0.29) is 11.3 Å². The van der Waals surface area contributed by atoms with Gasteiger partial charge in [-0.15, -0.1) is 0 Å². The minimum Gasteiger partial charge on any atom is -0.294 e. The molecule has 12 aromatic carbocycles. The lowest BCUT2D eigenvalue weighted by Crippen LogP contribution is -2.13. The number of hydrogen-bond donors (Lipinski definition) is 0. The van der Waals surface area contributed by atoms with E-state index >= 15 is 0 Å². The number of Topliss-reactive ketones (excluding diaryl/α,β-unsaturated/α-hetero) is 1. The molecule has 1 aliphatic carbocycles. The van der Waals surface area contributed by atoms with E-state index < -0.39 is 0 Å². The fourth-order valence-corrected chi connectivity index (χ4v) is 11.3. The molecule has 244 valence electrons. The second kappa shape index (κ2) is 8.38. The predicted molar refractivity (Wildman–Crippen MR) is 224 cm³/mol. The van der Waals surface area contributed by atoms with Gasteiger partial charge >= 0.3 is 0 Å². The number of benzene rings is 12. The third-order valence-electron chi connectivity index (χ3n) is 13.4. The zero-order valence-electron chi connectivity index (χ0n) is 28.5. The quantitative estimate of drug-likeness (QED) is 0.118. The molecule has 0 saturated heterocycles. The molecule has 0 saturated carbocycles. The molecule has 0 bridgehead atoms. The van der Waals surface area contributed by atoms with Crippen molar-refractivity contribution in [1.82, 2.24) is 9.38 Å². The molecule has 0 fully saturated rings. The summed E-state index contributed by atoms with van der Waals surface area (Å²) in [6.07, 6.45) is 0.489. The lowest BCUT2D eigenvalue weighted by Gasteiger charge is -2.22. The van der Waals surface area contributed by atoms with Gasteiger partial charge in [-0.2, -0.15) is 0 Å². The van der Waals surface area contributed by atoms with Gasteiger partial charge in [0.2, 0.25) is 0 Å². The normalized spacial score (nSPS) is 14.0. The number of ketones is 1. The predicted octanol–water partition coefficient (Wildman–Crippen LogP) is 12.0. The van der Waals surface area contributed by atoms with Crippen LogP contribution in [0.1, 0.15) is 15.9 Å². The fraction of sp³-hybridized carbons (Fsp3) is 0.0200. The van der Waals surface area contributed by atoms with Crippen LogP contribution in [0.4, 0.5) is 0 Å². The van der Waals surface area contributed by atoms with E-state index in [1.54, 1.807) is 4.40 Å². The topological polar surface area (TPSA) is 51.4 Å². The molecule has 0 amide bonds. The Hall–Kier alpha value is -7.17. The Kier molecular flexibility index (Phi) is 4.13. The Balaban J connectivity index is 1.12. The maximum atomic E-state index is 14.2. The van der Waals surface area contributed by atoms with Gasteiger partial charge in [-0.1, -0.05) is 97.1 Å². The van der Waals surface area contributed by atoms with Crippen molar-refractivity contribution in [1.29, 1.82) is 0 Å². The molecule has 2 aromatic heterocycles. The Labute approximate surface area is 303 Å². The van der Waals surface area contributed by atoms with E-state index in [9.17, 15) is 9.59 Å². The summed E-state index contributed by atoms with van der Waals surface area (Å²) in [6.45, 7) is 0. The number of carbonyl (C=O) groups is 1. The first-order valence-corrected chi connectivity index (χ1v) is 18.6. The Morgan fingerprint density at radius 1 is 0.389 bits per heavy atom. The molecule has 0 atom stereocenters. The van der Waals surface area contributed by atoms with Gasteiger partial charge in [-0.25, -0.2) is 4.98 Å². The molecule has 0 spiro atoms. The summed E-state index contributed by atoms with van der Waals surface area (Å²) < 4.78 is 1.79. The van der Waals surface area contributed by atoms with Gasteiger partial charge in [-0.05, 0) is 132 Å². The number of rotatable bonds is 0. The lowest BCUT2D eigenvalue weighted by molar-refractivity contribution is 0.1000. The van der Waals surface area contributed by atoms with Gasteiger partial charge in [0.05, 0.1) is 11.0 Å². The van der Waals surface area contributed by atoms with Crippen molar-refractivity contribution in [2.75, 3.05) is 0 Å². The highest BCUT2D eigenvalue weighted by Crippen LogP contribution is 2.52. The average Bonchev–Trinajstić information content (AvgIpc) is 3.77. The maximum Gasteiger partial charge on any atom is 0.264 e. The highest BCUT2D eigenvalue weighted by atomic mass is 16.1. The number of pyridine rings is 1. The van der Waals surface area contributed by atoms with Gasteiger partial charge in [0, 0.05) is 28.1 Å². The van der Waals surface area contributed by atoms with Crippen LogP contribution in [0.2, 0.25) is 0 Å². The number of para-hydroxylation sites is 2. The lowest BCUT2D eigenvalue weighted by atomic mass is 9.81. The molecule has 54 heavy (non-hydrogen) atoms. The molecule has 4 heteroatoms. The molecule has 0 unspecified atom stereocenters. The van der Waals surface area contributed by atoms with Crippen LogP contribution in [0, 0.1) is 0 Å². The third-order valence-corrected chi connectivity index (χ3v) is 13.4. The minimum absolute atomic E-state index is 0.0245. The smallest absolute Gasteiger partial charge is 0.264 e. The van der Waals surface area contributed by atoms with E-state index in [1.807, 2.05) is 30.3 Å². The molecule has 4 nitrogen and oxygen atoms in total. The van der Waals surface area contributed by atoms with Gasteiger partial charge in [0.25, 0.3) is 5.56 Å². The van der Waals surface area contributed by atoms with Crippen molar-refractivity contribution < 1.29 is 4.79 Å². The Morgan fingerprint density at radius 2 is 0.778 bits per heavy atom. The van der Waals surface area contributed by atoms with Crippen LogP contribution in [-0.4, -0.2) is 15.2 Å². The standard InChI is InChI=1S/C50H22N2O2/c53-40-21-22-5-6-23-25-7-9-27-29-11-13-31-33-16-19-36-48-37(50(54)52-39-4-2-1-3-38(39)51-49(36)52)20-17-34(47(33)48)32-14-12-30(45(29)46(31)32)28-10-8-26(43(25)44(27)28)24-15-18-35(40)41(22)42(23)24/h1-20H,21H2. The van der Waals surface area contributed by atoms with E-state index in [4.69, 9.17) is 4.98 Å². The largest absolute Gasteiger partial charge is 0.294 e. The summed E-state index contributed by atoms with van der Waals surface area (Å²) in [5, 5.41) is 26.1.